The van der Waals surface area contributed by atoms with Crippen molar-refractivity contribution in [1.82, 2.24) is 10.3 Å². The number of rotatable bonds is 5. The number of nitrogens with zero attached hydrogens (tertiary/aromatic N) is 1. The van der Waals surface area contributed by atoms with Gasteiger partial charge in [0.2, 0.25) is 5.91 Å². The van der Waals surface area contributed by atoms with Crippen LogP contribution >= 0.6 is 0 Å². The van der Waals surface area contributed by atoms with Crippen LogP contribution in [0.4, 0.5) is 0 Å². The Morgan fingerprint density at radius 3 is 2.50 bits per heavy atom. The van der Waals surface area contributed by atoms with Crippen molar-refractivity contribution in [3.8, 4) is 0 Å². The topological polar surface area (TPSA) is 68.0 Å². The van der Waals surface area contributed by atoms with Gasteiger partial charge in [0, 0.05) is 12.7 Å². The number of amides is 1. The van der Waals surface area contributed by atoms with Gasteiger partial charge in [0.15, 0.2) is 0 Å². The van der Waals surface area contributed by atoms with E-state index in [1.54, 1.807) is 18.3 Å². The molecule has 4 heteroatoms. The van der Waals surface area contributed by atoms with Gasteiger partial charge < -0.3 is 5.73 Å². The molecular weight excluding hydrogens is 226 g/mol. The molecule has 0 fully saturated rings. The van der Waals surface area contributed by atoms with E-state index in [2.05, 4.69) is 10.3 Å². The predicted molar refractivity (Wildman–Crippen MR) is 69.5 cm³/mol. The Balaban J connectivity index is 2.06. The van der Waals surface area contributed by atoms with Crippen LogP contribution in [0.5, 0.6) is 0 Å². The molecule has 0 saturated heterocycles. The summed E-state index contributed by atoms with van der Waals surface area (Å²) in [5.41, 5.74) is 7.13. The maximum absolute atomic E-state index is 11.4. The molecule has 0 aliphatic carbocycles. The number of hydrogen-bond donors (Lipinski definition) is 2. The lowest BCUT2D eigenvalue weighted by Crippen LogP contribution is -2.33. The van der Waals surface area contributed by atoms with E-state index >= 15 is 0 Å². The highest BCUT2D eigenvalue weighted by atomic mass is 16.1. The van der Waals surface area contributed by atoms with E-state index in [-0.39, 0.29) is 0 Å². The Labute approximate surface area is 106 Å². The molecule has 0 bridgehead atoms. The standard InChI is InChI=1S/C14H15N3O/c15-14(18)13(12-8-4-5-9-16-12)17-10-11-6-2-1-3-7-11/h1-9,13,17H,10H2,(H2,15,18). The number of primary amides is 1. The first-order valence-electron chi connectivity index (χ1n) is 5.75. The normalized spacial score (nSPS) is 12.0. The Kier molecular flexibility index (Phi) is 4.04. The molecule has 1 aromatic carbocycles. The van der Waals surface area contributed by atoms with Crippen LogP contribution in [0.3, 0.4) is 0 Å². The Bertz CT molecular complexity index is 499. The molecule has 0 aliphatic heterocycles. The summed E-state index contributed by atoms with van der Waals surface area (Å²) in [5.74, 6) is -0.426. The predicted octanol–water partition coefficient (Wildman–Crippen LogP) is 1.40. The highest BCUT2D eigenvalue weighted by Crippen LogP contribution is 2.10. The summed E-state index contributed by atoms with van der Waals surface area (Å²) >= 11 is 0. The third-order valence-corrected chi connectivity index (χ3v) is 2.62. The minimum Gasteiger partial charge on any atom is -0.368 e. The second-order valence-corrected chi connectivity index (χ2v) is 3.96. The number of nitrogens with two attached hydrogens (primary N) is 1. The van der Waals surface area contributed by atoms with Gasteiger partial charge in [0.05, 0.1) is 5.69 Å². The van der Waals surface area contributed by atoms with Gasteiger partial charge in [-0.05, 0) is 17.7 Å². The Morgan fingerprint density at radius 2 is 1.89 bits per heavy atom. The second kappa shape index (κ2) is 5.93. The molecule has 1 amide bonds. The van der Waals surface area contributed by atoms with Crippen LogP contribution in [-0.2, 0) is 11.3 Å². The van der Waals surface area contributed by atoms with E-state index in [1.807, 2.05) is 36.4 Å². The molecule has 0 saturated carbocycles. The van der Waals surface area contributed by atoms with Gasteiger partial charge in [-0.3, -0.25) is 15.1 Å². The summed E-state index contributed by atoms with van der Waals surface area (Å²) in [6.45, 7) is 0.574. The summed E-state index contributed by atoms with van der Waals surface area (Å²) in [6.07, 6.45) is 1.65. The zero-order valence-corrected chi connectivity index (χ0v) is 9.91. The van der Waals surface area contributed by atoms with Crippen molar-refractivity contribution < 1.29 is 4.79 Å². The molecule has 18 heavy (non-hydrogen) atoms. The van der Waals surface area contributed by atoms with E-state index in [0.29, 0.717) is 12.2 Å². The van der Waals surface area contributed by atoms with E-state index in [4.69, 9.17) is 5.73 Å². The fraction of sp³-hybridized carbons (Fsp3) is 0.143. The number of nitrogens with one attached hydrogen (secondary N) is 1. The van der Waals surface area contributed by atoms with Gasteiger partial charge in [0.25, 0.3) is 0 Å². The summed E-state index contributed by atoms with van der Waals surface area (Å²) in [7, 11) is 0. The maximum Gasteiger partial charge on any atom is 0.240 e. The van der Waals surface area contributed by atoms with Gasteiger partial charge in [-0.2, -0.15) is 0 Å². The molecule has 92 valence electrons. The largest absolute Gasteiger partial charge is 0.368 e. The van der Waals surface area contributed by atoms with Crippen LogP contribution in [0, 0.1) is 0 Å². The zero-order chi connectivity index (χ0) is 12.8. The molecule has 2 aromatic rings. The first-order chi connectivity index (χ1) is 8.77. The summed E-state index contributed by atoms with van der Waals surface area (Å²) < 4.78 is 0. The Hall–Kier alpha value is -2.20. The van der Waals surface area contributed by atoms with E-state index in [1.165, 1.54) is 0 Å². The van der Waals surface area contributed by atoms with Crippen LogP contribution in [-0.4, -0.2) is 10.9 Å². The van der Waals surface area contributed by atoms with Crippen molar-refractivity contribution in [3.05, 3.63) is 66.0 Å². The second-order valence-electron chi connectivity index (χ2n) is 3.96. The molecule has 1 heterocycles. The highest BCUT2D eigenvalue weighted by Gasteiger charge is 2.17. The van der Waals surface area contributed by atoms with Crippen molar-refractivity contribution in [2.75, 3.05) is 0 Å². The third-order valence-electron chi connectivity index (χ3n) is 2.62. The lowest BCUT2D eigenvalue weighted by atomic mass is 10.1. The molecule has 4 nitrogen and oxygen atoms in total. The average molecular weight is 241 g/mol. The zero-order valence-electron chi connectivity index (χ0n) is 9.91. The summed E-state index contributed by atoms with van der Waals surface area (Å²) in [5, 5.41) is 3.11. The van der Waals surface area contributed by atoms with Gasteiger partial charge in [-0.25, -0.2) is 0 Å². The van der Waals surface area contributed by atoms with Gasteiger partial charge >= 0.3 is 0 Å². The molecule has 2 rings (SSSR count). The SMILES string of the molecule is NC(=O)C(NCc1ccccc1)c1ccccn1. The van der Waals surface area contributed by atoms with E-state index < -0.39 is 11.9 Å². The number of hydrogen-bond acceptors (Lipinski definition) is 3. The lowest BCUT2D eigenvalue weighted by molar-refractivity contribution is -0.120. The molecule has 0 aliphatic rings. The number of benzene rings is 1. The van der Waals surface area contributed by atoms with Gasteiger partial charge in [-0.15, -0.1) is 0 Å². The van der Waals surface area contributed by atoms with Crippen LogP contribution in [0.15, 0.2) is 54.7 Å². The van der Waals surface area contributed by atoms with Crippen LogP contribution in [0.25, 0.3) is 0 Å². The van der Waals surface area contributed by atoms with Gasteiger partial charge in [0.1, 0.15) is 6.04 Å². The minimum atomic E-state index is -0.564. The summed E-state index contributed by atoms with van der Waals surface area (Å²) in [6, 6.07) is 14.7. The number of carbonyl (C=O) groups is 1. The minimum absolute atomic E-state index is 0.426. The molecule has 1 atom stereocenters. The molecule has 1 aromatic heterocycles. The van der Waals surface area contributed by atoms with Crippen molar-refractivity contribution >= 4 is 5.91 Å². The third kappa shape index (κ3) is 3.15. The highest BCUT2D eigenvalue weighted by molar-refractivity contribution is 5.80. The monoisotopic (exact) mass is 241 g/mol. The lowest BCUT2D eigenvalue weighted by Gasteiger charge is -2.14. The van der Waals surface area contributed by atoms with Crippen LogP contribution in [0.2, 0.25) is 0 Å². The van der Waals surface area contributed by atoms with Gasteiger partial charge in [-0.1, -0.05) is 36.4 Å². The number of aromatic nitrogens is 1. The van der Waals surface area contributed by atoms with Crippen molar-refractivity contribution in [2.45, 2.75) is 12.6 Å². The maximum atomic E-state index is 11.4. The van der Waals surface area contributed by atoms with E-state index in [0.717, 1.165) is 5.56 Å². The van der Waals surface area contributed by atoms with Crippen molar-refractivity contribution in [2.24, 2.45) is 5.73 Å². The molecule has 0 spiro atoms. The first kappa shape index (κ1) is 12.3. The van der Waals surface area contributed by atoms with Crippen LogP contribution < -0.4 is 11.1 Å². The average Bonchev–Trinajstić information content (AvgIpc) is 2.41. The van der Waals surface area contributed by atoms with Crippen molar-refractivity contribution in [1.29, 1.82) is 0 Å². The fourth-order valence-corrected chi connectivity index (χ4v) is 1.71. The number of carbonyl (C=O) groups excluding carboxylic acids is 1. The van der Waals surface area contributed by atoms with E-state index in [9.17, 15) is 4.79 Å². The number of pyridine rings is 1. The quantitative estimate of drug-likeness (QED) is 0.831. The molecule has 0 radical (unpaired) electrons. The molecule has 1 unspecified atom stereocenters. The Morgan fingerprint density at radius 1 is 1.17 bits per heavy atom. The smallest absolute Gasteiger partial charge is 0.240 e. The summed E-state index contributed by atoms with van der Waals surface area (Å²) in [4.78, 5) is 15.6. The van der Waals surface area contributed by atoms with Crippen molar-refractivity contribution in [3.63, 3.8) is 0 Å². The fourth-order valence-electron chi connectivity index (χ4n) is 1.71. The first-order valence-corrected chi connectivity index (χ1v) is 5.75. The molecule has 3 N–H and O–H groups in total. The van der Waals surface area contributed by atoms with Crippen LogP contribution in [0.1, 0.15) is 17.3 Å². The molecular formula is C14H15N3O.